The Balaban J connectivity index is 2.65. The zero-order valence-corrected chi connectivity index (χ0v) is 11.7. The molecule has 96 valence electrons. The molecule has 17 heavy (non-hydrogen) atoms. The molecule has 1 aromatic rings. The van der Waals surface area contributed by atoms with E-state index >= 15 is 0 Å². The van der Waals surface area contributed by atoms with Crippen molar-refractivity contribution in [2.24, 2.45) is 7.05 Å². The first kappa shape index (κ1) is 14.0. The van der Waals surface area contributed by atoms with Crippen molar-refractivity contribution in [3.05, 3.63) is 16.4 Å². The number of hydrogen-bond acceptors (Lipinski definition) is 3. The number of likely N-dealkylation sites (N-methyl/N-ethyl adjacent to an activating group) is 1. The number of halogens is 1. The van der Waals surface area contributed by atoms with Gasteiger partial charge in [-0.2, -0.15) is 5.10 Å². The van der Waals surface area contributed by atoms with Crippen LogP contribution < -0.4 is 5.32 Å². The van der Waals surface area contributed by atoms with Crippen LogP contribution >= 0.6 is 11.6 Å². The molecule has 0 saturated carbocycles. The van der Waals surface area contributed by atoms with Crippen LogP contribution in [0.2, 0.25) is 5.02 Å². The lowest BCUT2D eigenvalue weighted by molar-refractivity contribution is -0.130. The van der Waals surface area contributed by atoms with E-state index in [1.54, 1.807) is 23.7 Å². The summed E-state index contributed by atoms with van der Waals surface area (Å²) in [4.78, 5) is 13.2. The largest absolute Gasteiger partial charge is 0.347 e. The van der Waals surface area contributed by atoms with E-state index < -0.39 is 0 Å². The fourth-order valence-corrected chi connectivity index (χ4v) is 1.82. The van der Waals surface area contributed by atoms with Crippen molar-refractivity contribution in [2.75, 3.05) is 14.1 Å². The summed E-state index contributed by atoms with van der Waals surface area (Å²) in [6.45, 7) is 4.22. The molecule has 1 N–H and O–H groups in total. The van der Waals surface area contributed by atoms with E-state index in [0.29, 0.717) is 11.6 Å². The summed E-state index contributed by atoms with van der Waals surface area (Å²) in [5.41, 5.74) is 1.69. The van der Waals surface area contributed by atoms with Crippen LogP contribution in [-0.2, 0) is 18.4 Å². The van der Waals surface area contributed by atoms with Gasteiger partial charge in [0.15, 0.2) is 0 Å². The van der Waals surface area contributed by atoms with Gasteiger partial charge < -0.3 is 10.2 Å². The van der Waals surface area contributed by atoms with Gasteiger partial charge in [-0.1, -0.05) is 11.6 Å². The Morgan fingerprint density at radius 3 is 2.59 bits per heavy atom. The number of nitrogens with zero attached hydrogens (tertiary/aromatic N) is 3. The number of nitrogens with one attached hydrogen (secondary N) is 1. The Morgan fingerprint density at radius 1 is 1.59 bits per heavy atom. The number of hydrogen-bond donors (Lipinski definition) is 1. The number of rotatable bonds is 4. The molecule has 0 bridgehead atoms. The van der Waals surface area contributed by atoms with Gasteiger partial charge in [-0.15, -0.1) is 0 Å². The molecule has 0 fully saturated rings. The second-order valence-corrected chi connectivity index (χ2v) is 4.68. The first-order valence-corrected chi connectivity index (χ1v) is 5.85. The molecule has 1 amide bonds. The van der Waals surface area contributed by atoms with Crippen LogP contribution in [0.5, 0.6) is 0 Å². The van der Waals surface area contributed by atoms with E-state index in [9.17, 15) is 4.79 Å². The summed E-state index contributed by atoms with van der Waals surface area (Å²) in [5, 5.41) is 8.01. The second kappa shape index (κ2) is 5.51. The highest BCUT2D eigenvalue weighted by atomic mass is 35.5. The summed E-state index contributed by atoms with van der Waals surface area (Å²) in [6.07, 6.45) is 0. The van der Waals surface area contributed by atoms with Crippen LogP contribution in [0.4, 0.5) is 0 Å². The van der Waals surface area contributed by atoms with E-state index in [1.807, 2.05) is 20.9 Å². The molecular weight excluding hydrogens is 240 g/mol. The summed E-state index contributed by atoms with van der Waals surface area (Å²) < 4.78 is 1.73. The Kier molecular flexibility index (Phi) is 4.54. The van der Waals surface area contributed by atoms with Crippen LogP contribution in [-0.4, -0.2) is 40.7 Å². The van der Waals surface area contributed by atoms with E-state index in [-0.39, 0.29) is 11.9 Å². The minimum absolute atomic E-state index is 0.0417. The predicted molar refractivity (Wildman–Crippen MR) is 68.0 cm³/mol. The summed E-state index contributed by atoms with van der Waals surface area (Å²) in [5.74, 6) is 0.0417. The van der Waals surface area contributed by atoms with Crippen molar-refractivity contribution in [1.82, 2.24) is 20.0 Å². The summed E-state index contributed by atoms with van der Waals surface area (Å²) in [7, 11) is 5.32. The quantitative estimate of drug-likeness (QED) is 0.875. The van der Waals surface area contributed by atoms with Gasteiger partial charge in [-0.05, 0) is 13.8 Å². The lowest BCUT2D eigenvalue weighted by Gasteiger charge is -2.18. The zero-order valence-electron chi connectivity index (χ0n) is 10.9. The third-order valence-corrected chi connectivity index (χ3v) is 3.14. The van der Waals surface area contributed by atoms with Crippen molar-refractivity contribution in [1.29, 1.82) is 0 Å². The molecule has 0 aliphatic rings. The average Bonchev–Trinajstić information content (AvgIpc) is 2.49. The molecule has 0 saturated heterocycles. The first-order valence-electron chi connectivity index (χ1n) is 5.47. The molecule has 1 aromatic heterocycles. The topological polar surface area (TPSA) is 50.2 Å². The monoisotopic (exact) mass is 258 g/mol. The van der Waals surface area contributed by atoms with Gasteiger partial charge in [0.05, 0.1) is 22.5 Å². The van der Waals surface area contributed by atoms with Gasteiger partial charge in [0, 0.05) is 27.7 Å². The molecule has 1 atom stereocenters. The van der Waals surface area contributed by atoms with Gasteiger partial charge in [0.1, 0.15) is 0 Å². The molecule has 0 radical (unpaired) electrons. The molecule has 1 unspecified atom stereocenters. The second-order valence-electron chi connectivity index (χ2n) is 4.30. The van der Waals surface area contributed by atoms with Crippen molar-refractivity contribution in [2.45, 2.75) is 26.4 Å². The maximum absolute atomic E-state index is 11.6. The Morgan fingerprint density at radius 2 is 2.18 bits per heavy atom. The Hall–Kier alpha value is -1.07. The fraction of sp³-hybridized carbons (Fsp3) is 0.636. The number of carbonyl (C=O) groups excluding carboxylic acids is 1. The molecule has 1 heterocycles. The lowest BCUT2D eigenvalue weighted by Crippen LogP contribution is -2.41. The van der Waals surface area contributed by atoms with Gasteiger partial charge in [0.2, 0.25) is 5.91 Å². The van der Waals surface area contributed by atoms with Crippen LogP contribution in [0, 0.1) is 6.92 Å². The predicted octanol–water partition coefficient (Wildman–Crippen LogP) is 0.948. The molecule has 0 aliphatic heterocycles. The number of aryl methyl sites for hydroxylation is 2. The molecule has 1 rings (SSSR count). The minimum Gasteiger partial charge on any atom is -0.347 e. The lowest BCUT2D eigenvalue weighted by atomic mass is 10.3. The van der Waals surface area contributed by atoms with Gasteiger partial charge in [-0.25, -0.2) is 0 Å². The van der Waals surface area contributed by atoms with Gasteiger partial charge >= 0.3 is 0 Å². The van der Waals surface area contributed by atoms with Crippen LogP contribution in [0.1, 0.15) is 18.3 Å². The van der Waals surface area contributed by atoms with E-state index in [2.05, 4.69) is 10.4 Å². The van der Waals surface area contributed by atoms with Crippen LogP contribution in [0.25, 0.3) is 0 Å². The van der Waals surface area contributed by atoms with Crippen molar-refractivity contribution >= 4 is 17.5 Å². The zero-order chi connectivity index (χ0) is 13.2. The first-order chi connectivity index (χ1) is 7.84. The van der Waals surface area contributed by atoms with E-state index in [4.69, 9.17) is 11.6 Å². The summed E-state index contributed by atoms with van der Waals surface area (Å²) >= 11 is 6.12. The highest BCUT2D eigenvalue weighted by molar-refractivity contribution is 6.31. The maximum atomic E-state index is 11.6. The van der Waals surface area contributed by atoms with Crippen molar-refractivity contribution in [3.8, 4) is 0 Å². The Bertz CT molecular complexity index is 414. The SMILES string of the molecule is Cc1nn(C)c(CNC(C)C(=O)N(C)C)c1Cl. The van der Waals surface area contributed by atoms with E-state index in [1.165, 1.54) is 0 Å². The van der Waals surface area contributed by atoms with Crippen LogP contribution in [0.3, 0.4) is 0 Å². The number of carbonyl (C=O) groups is 1. The third kappa shape index (κ3) is 3.20. The average molecular weight is 259 g/mol. The molecule has 0 aromatic carbocycles. The minimum atomic E-state index is -0.240. The van der Waals surface area contributed by atoms with Crippen molar-refractivity contribution in [3.63, 3.8) is 0 Å². The summed E-state index contributed by atoms with van der Waals surface area (Å²) in [6, 6.07) is -0.240. The Labute approximate surface area is 107 Å². The van der Waals surface area contributed by atoms with Gasteiger partial charge in [0.25, 0.3) is 0 Å². The molecule has 5 nitrogen and oxygen atoms in total. The molecule has 0 aliphatic carbocycles. The van der Waals surface area contributed by atoms with Crippen LogP contribution in [0.15, 0.2) is 0 Å². The standard InChI is InChI=1S/C11H19ClN4O/c1-7-10(12)9(16(5)14-7)6-13-8(2)11(17)15(3)4/h8,13H,6H2,1-5H3. The van der Waals surface area contributed by atoms with E-state index in [0.717, 1.165) is 11.4 Å². The van der Waals surface area contributed by atoms with Gasteiger partial charge in [-0.3, -0.25) is 9.48 Å². The highest BCUT2D eigenvalue weighted by Gasteiger charge is 2.16. The number of aromatic nitrogens is 2. The maximum Gasteiger partial charge on any atom is 0.238 e. The molecular formula is C11H19ClN4O. The molecule has 0 spiro atoms. The smallest absolute Gasteiger partial charge is 0.238 e. The van der Waals surface area contributed by atoms with Crippen molar-refractivity contribution < 1.29 is 4.79 Å². The number of amides is 1. The highest BCUT2D eigenvalue weighted by Crippen LogP contribution is 2.19. The fourth-order valence-electron chi connectivity index (χ4n) is 1.60. The molecule has 6 heteroatoms. The normalized spacial score (nSPS) is 12.6. The third-order valence-electron chi connectivity index (χ3n) is 2.65.